The summed E-state index contributed by atoms with van der Waals surface area (Å²) in [5, 5.41) is 0. The number of fused-ring (bicyclic) bond motifs is 1. The monoisotopic (exact) mass is 551 g/mol. The zero-order valence-corrected chi connectivity index (χ0v) is 21.6. The number of amides is 1. The van der Waals surface area contributed by atoms with Gasteiger partial charge >= 0.3 is 6.18 Å². The van der Waals surface area contributed by atoms with Crippen molar-refractivity contribution in [1.82, 2.24) is 9.97 Å². The van der Waals surface area contributed by atoms with Gasteiger partial charge < -0.3 is 10.7 Å². The highest BCUT2D eigenvalue weighted by Crippen LogP contribution is 2.32. The smallest absolute Gasteiger partial charge is 0.366 e. The van der Waals surface area contributed by atoms with Crippen molar-refractivity contribution in [2.75, 3.05) is 0 Å². The molecular formula is C29H24F3N3O3S. The number of hydrogen-bond donors (Lipinski definition) is 2. The minimum Gasteiger partial charge on any atom is -0.366 e. The van der Waals surface area contributed by atoms with Gasteiger partial charge in [-0.3, -0.25) is 4.79 Å². The molecule has 1 aromatic heterocycles. The third-order valence-corrected chi connectivity index (χ3v) is 8.01. The molecule has 6 nitrogen and oxygen atoms in total. The van der Waals surface area contributed by atoms with Crippen LogP contribution in [0, 0.1) is 6.92 Å². The molecule has 0 fully saturated rings. The highest BCUT2D eigenvalue weighted by molar-refractivity contribution is 7.91. The minimum absolute atomic E-state index is 0.0175. The quantitative estimate of drug-likeness (QED) is 0.275. The van der Waals surface area contributed by atoms with E-state index in [1.807, 2.05) is 24.3 Å². The first-order valence-corrected chi connectivity index (χ1v) is 13.2. The van der Waals surface area contributed by atoms with Crippen LogP contribution in [-0.4, -0.2) is 24.3 Å². The number of halogens is 3. The molecule has 200 valence electrons. The van der Waals surface area contributed by atoms with Crippen LogP contribution in [0.5, 0.6) is 0 Å². The van der Waals surface area contributed by atoms with Gasteiger partial charge in [0.25, 0.3) is 0 Å². The Balaban J connectivity index is 0.000000327. The number of nitrogens with zero attached hydrogens (tertiary/aromatic N) is 1. The number of aromatic amines is 1. The summed E-state index contributed by atoms with van der Waals surface area (Å²) >= 11 is 0. The Bertz CT molecular complexity index is 1680. The highest BCUT2D eigenvalue weighted by Gasteiger charge is 2.30. The molecule has 5 rings (SSSR count). The zero-order chi connectivity index (χ0) is 28.2. The number of carbonyl (C=O) groups is 1. The first-order valence-electron chi connectivity index (χ1n) is 11.7. The maximum Gasteiger partial charge on any atom is 0.416 e. The second kappa shape index (κ2) is 11.1. The van der Waals surface area contributed by atoms with E-state index in [1.165, 1.54) is 36.4 Å². The van der Waals surface area contributed by atoms with Gasteiger partial charge in [-0.2, -0.15) is 13.2 Å². The summed E-state index contributed by atoms with van der Waals surface area (Å²) in [5.41, 5.74) is 8.04. The van der Waals surface area contributed by atoms with Gasteiger partial charge in [-0.25, -0.2) is 13.4 Å². The molecular weight excluding hydrogens is 527 g/mol. The Hall–Kier alpha value is -4.44. The molecule has 0 saturated heterocycles. The van der Waals surface area contributed by atoms with Crippen LogP contribution >= 0.6 is 0 Å². The lowest BCUT2D eigenvalue weighted by atomic mass is 9.96. The fourth-order valence-electron chi connectivity index (χ4n) is 4.09. The number of imidazole rings is 1. The number of benzene rings is 4. The lowest BCUT2D eigenvalue weighted by molar-refractivity contribution is -0.137. The number of nitrogens with one attached hydrogen (secondary N) is 1. The molecule has 1 heterocycles. The molecule has 0 unspecified atom stereocenters. The van der Waals surface area contributed by atoms with Crippen molar-refractivity contribution < 1.29 is 26.4 Å². The summed E-state index contributed by atoms with van der Waals surface area (Å²) in [6.45, 7) is 1.57. The number of H-pyrrole nitrogens is 1. The normalized spacial score (nSPS) is 11.6. The summed E-state index contributed by atoms with van der Waals surface area (Å²) < 4.78 is 64.9. The summed E-state index contributed by atoms with van der Waals surface area (Å²) in [7, 11) is -3.92. The van der Waals surface area contributed by atoms with Gasteiger partial charge in [-0.1, -0.05) is 42.5 Å². The molecule has 1 amide bonds. The first-order chi connectivity index (χ1) is 18.5. The molecule has 0 spiro atoms. The number of para-hydroxylation sites is 2. The molecule has 5 aromatic rings. The largest absolute Gasteiger partial charge is 0.416 e. The highest BCUT2D eigenvalue weighted by atomic mass is 32.2. The van der Waals surface area contributed by atoms with E-state index in [0.717, 1.165) is 23.2 Å². The molecule has 10 heteroatoms. The lowest BCUT2D eigenvalue weighted by Gasteiger charge is -2.16. The summed E-state index contributed by atoms with van der Waals surface area (Å²) in [4.78, 5) is 18.9. The number of nitrogens with two attached hydrogens (primary N) is 1. The number of sulfone groups is 1. The van der Waals surface area contributed by atoms with Crippen molar-refractivity contribution in [3.8, 4) is 0 Å². The van der Waals surface area contributed by atoms with Gasteiger partial charge in [0, 0.05) is 5.56 Å². The molecule has 3 N–H and O–H groups in total. The van der Waals surface area contributed by atoms with E-state index in [0.29, 0.717) is 16.7 Å². The van der Waals surface area contributed by atoms with Crippen LogP contribution in [0.3, 0.4) is 0 Å². The molecule has 0 aliphatic carbocycles. The minimum atomic E-state index is -4.47. The third-order valence-electron chi connectivity index (χ3n) is 6.15. The molecule has 0 aliphatic rings. The van der Waals surface area contributed by atoms with Crippen molar-refractivity contribution >= 4 is 26.8 Å². The SMILES string of the molecule is Cc1c(C(N)=O)ccc(S(=O)(=O)c2ccccc2)c1Cc1ccc(C(F)(F)F)cc1.c1ccc2[nH]cnc2c1. The standard InChI is InChI=1S/C22H18F3NO3S.C7H6N2/c1-14-18(21(26)27)11-12-20(30(28,29)17-5-3-2-4-6-17)19(14)13-15-7-9-16(10-8-15)22(23,24)25;1-2-4-7-6(3-1)8-5-9-7/h2-12H,13H2,1H3,(H2,26,27);1-5H,(H,8,9). The summed E-state index contributed by atoms with van der Waals surface area (Å²) in [6, 6.07) is 22.8. The number of primary amides is 1. The maximum absolute atomic E-state index is 13.2. The van der Waals surface area contributed by atoms with Crippen molar-refractivity contribution in [3.05, 3.63) is 125 Å². The van der Waals surface area contributed by atoms with E-state index in [2.05, 4.69) is 9.97 Å². The number of aromatic nitrogens is 2. The number of hydrogen-bond acceptors (Lipinski definition) is 4. The molecule has 0 aliphatic heterocycles. The fourth-order valence-corrected chi connectivity index (χ4v) is 5.66. The second-order valence-corrected chi connectivity index (χ2v) is 10.6. The van der Waals surface area contributed by atoms with Crippen molar-refractivity contribution in [2.24, 2.45) is 5.73 Å². The third kappa shape index (κ3) is 6.18. The Labute approximate surface area is 223 Å². The molecule has 0 saturated carbocycles. The zero-order valence-electron chi connectivity index (χ0n) is 20.7. The van der Waals surface area contributed by atoms with Crippen molar-refractivity contribution in [2.45, 2.75) is 29.3 Å². The number of alkyl halides is 3. The second-order valence-electron chi connectivity index (χ2n) is 8.69. The molecule has 4 aromatic carbocycles. The van der Waals surface area contributed by atoms with Crippen molar-refractivity contribution in [1.29, 1.82) is 0 Å². The van der Waals surface area contributed by atoms with Crippen LogP contribution in [0.1, 0.15) is 32.6 Å². The maximum atomic E-state index is 13.2. The van der Waals surface area contributed by atoms with Gasteiger partial charge in [0.15, 0.2) is 0 Å². The average Bonchev–Trinajstić information content (AvgIpc) is 3.39. The molecule has 0 radical (unpaired) electrons. The van der Waals surface area contributed by atoms with Crippen LogP contribution in [0.4, 0.5) is 13.2 Å². The van der Waals surface area contributed by atoms with Gasteiger partial charge in [-0.05, 0) is 78.6 Å². The molecule has 0 atom stereocenters. The number of carbonyl (C=O) groups excluding carboxylic acids is 1. The molecule has 39 heavy (non-hydrogen) atoms. The van der Waals surface area contributed by atoms with Gasteiger partial charge in [-0.15, -0.1) is 0 Å². The Morgan fingerprint density at radius 1 is 0.897 bits per heavy atom. The van der Waals surface area contributed by atoms with E-state index in [4.69, 9.17) is 5.73 Å². The first kappa shape index (κ1) is 27.6. The topological polar surface area (TPSA) is 106 Å². The van der Waals surface area contributed by atoms with Crippen LogP contribution < -0.4 is 5.73 Å². The van der Waals surface area contributed by atoms with Crippen LogP contribution in [0.15, 0.2) is 107 Å². The predicted octanol–water partition coefficient (Wildman–Crippen LogP) is 6.10. The van der Waals surface area contributed by atoms with E-state index in [1.54, 1.807) is 31.5 Å². The number of rotatable bonds is 5. The Morgan fingerprint density at radius 3 is 2.15 bits per heavy atom. The predicted molar refractivity (Wildman–Crippen MR) is 142 cm³/mol. The van der Waals surface area contributed by atoms with Crippen molar-refractivity contribution in [3.63, 3.8) is 0 Å². The fraction of sp³-hybridized carbons (Fsp3) is 0.103. The van der Waals surface area contributed by atoms with Crippen LogP contribution in [0.25, 0.3) is 11.0 Å². The van der Waals surface area contributed by atoms with Gasteiger partial charge in [0.2, 0.25) is 15.7 Å². The van der Waals surface area contributed by atoms with Crippen LogP contribution in [-0.2, 0) is 22.4 Å². The Morgan fingerprint density at radius 2 is 1.54 bits per heavy atom. The molecule has 0 bridgehead atoms. The van der Waals surface area contributed by atoms with E-state index >= 15 is 0 Å². The summed E-state index contributed by atoms with van der Waals surface area (Å²) in [6.07, 6.45) is -2.75. The Kier molecular flexibility index (Phi) is 7.87. The van der Waals surface area contributed by atoms with Gasteiger partial charge in [0.05, 0.1) is 32.7 Å². The lowest BCUT2D eigenvalue weighted by Crippen LogP contribution is -2.16. The van der Waals surface area contributed by atoms with E-state index < -0.39 is 27.5 Å². The van der Waals surface area contributed by atoms with Crippen LogP contribution in [0.2, 0.25) is 0 Å². The van der Waals surface area contributed by atoms with E-state index in [-0.39, 0.29) is 21.8 Å². The summed E-state index contributed by atoms with van der Waals surface area (Å²) in [5.74, 6) is -0.718. The van der Waals surface area contributed by atoms with Gasteiger partial charge in [0.1, 0.15) is 0 Å². The van der Waals surface area contributed by atoms with E-state index in [9.17, 15) is 26.4 Å². The average molecular weight is 552 g/mol.